The Labute approximate surface area is 132 Å². The van der Waals surface area contributed by atoms with Gasteiger partial charge in [-0.05, 0) is 30.9 Å². The van der Waals surface area contributed by atoms with Gasteiger partial charge in [0, 0.05) is 6.54 Å². The van der Waals surface area contributed by atoms with Crippen LogP contribution in [0, 0.1) is 5.92 Å². The van der Waals surface area contributed by atoms with Crippen molar-refractivity contribution in [1.29, 1.82) is 0 Å². The van der Waals surface area contributed by atoms with E-state index in [1.807, 2.05) is 0 Å². The van der Waals surface area contributed by atoms with Gasteiger partial charge in [-0.15, -0.1) is 0 Å². The third kappa shape index (κ3) is 4.25. The van der Waals surface area contributed by atoms with Gasteiger partial charge in [-0.3, -0.25) is 0 Å². The van der Waals surface area contributed by atoms with E-state index in [0.717, 1.165) is 12.8 Å². The summed E-state index contributed by atoms with van der Waals surface area (Å²) in [5.41, 5.74) is 0.189. The first-order valence-electron chi connectivity index (χ1n) is 6.74. The molecule has 0 radical (unpaired) electrons. The molecule has 0 atom stereocenters. The lowest BCUT2D eigenvalue weighted by atomic mass is 10.1. The Hall–Kier alpha value is -1.46. The van der Waals surface area contributed by atoms with Gasteiger partial charge < -0.3 is 15.7 Å². The number of carboxylic acid groups (broad SMARTS) is 1. The number of aromatic carboxylic acids is 1. The molecular formula is C14H16Cl2N2O3. The zero-order valence-corrected chi connectivity index (χ0v) is 12.8. The van der Waals surface area contributed by atoms with Crippen molar-refractivity contribution in [3.8, 4) is 0 Å². The van der Waals surface area contributed by atoms with Gasteiger partial charge >= 0.3 is 12.0 Å². The molecule has 0 unspecified atom stereocenters. The van der Waals surface area contributed by atoms with Crippen molar-refractivity contribution >= 4 is 40.9 Å². The number of anilines is 1. The topological polar surface area (TPSA) is 78.4 Å². The van der Waals surface area contributed by atoms with E-state index in [4.69, 9.17) is 28.3 Å². The standard InChI is InChI=1S/C14H16Cl2N2O3/c15-10-5-9(13(19)20)6-11(16)12(10)18-14(21)17-7-8-3-1-2-4-8/h5-6,8H,1-4,7H2,(H,19,20)(H2,17,18,21). The third-order valence-electron chi connectivity index (χ3n) is 3.55. The minimum Gasteiger partial charge on any atom is -0.478 e. The summed E-state index contributed by atoms with van der Waals surface area (Å²) in [6, 6.07) is 2.11. The molecule has 0 bridgehead atoms. The minimum absolute atomic E-state index is 0.0260. The smallest absolute Gasteiger partial charge is 0.335 e. The first-order chi connectivity index (χ1) is 9.97. The number of carbonyl (C=O) groups is 2. The van der Waals surface area contributed by atoms with E-state index in [9.17, 15) is 9.59 Å². The Bertz CT molecular complexity index is 534. The largest absolute Gasteiger partial charge is 0.478 e. The summed E-state index contributed by atoms with van der Waals surface area (Å²) in [5.74, 6) is -0.605. The van der Waals surface area contributed by atoms with E-state index in [1.165, 1.54) is 25.0 Å². The van der Waals surface area contributed by atoms with Gasteiger partial charge in [-0.25, -0.2) is 9.59 Å². The predicted molar refractivity (Wildman–Crippen MR) is 82.4 cm³/mol. The summed E-state index contributed by atoms with van der Waals surface area (Å²) in [6.07, 6.45) is 4.69. The monoisotopic (exact) mass is 330 g/mol. The summed E-state index contributed by atoms with van der Waals surface area (Å²) in [4.78, 5) is 22.7. The lowest BCUT2D eigenvalue weighted by molar-refractivity contribution is 0.0697. The van der Waals surface area contributed by atoms with E-state index in [-0.39, 0.29) is 21.3 Å². The minimum atomic E-state index is -1.13. The molecule has 114 valence electrons. The number of rotatable bonds is 4. The molecule has 21 heavy (non-hydrogen) atoms. The molecule has 2 rings (SSSR count). The summed E-state index contributed by atoms with van der Waals surface area (Å²) in [5, 5.41) is 14.4. The van der Waals surface area contributed by atoms with Crippen molar-refractivity contribution < 1.29 is 14.7 Å². The molecule has 1 saturated carbocycles. The van der Waals surface area contributed by atoms with Crippen LogP contribution in [0.15, 0.2) is 12.1 Å². The molecule has 0 saturated heterocycles. The van der Waals surface area contributed by atoms with E-state index >= 15 is 0 Å². The summed E-state index contributed by atoms with van der Waals surface area (Å²) >= 11 is 11.9. The molecule has 3 N–H and O–H groups in total. The fourth-order valence-corrected chi connectivity index (χ4v) is 3.01. The number of halogens is 2. The molecule has 5 nitrogen and oxygen atoms in total. The lowest BCUT2D eigenvalue weighted by Gasteiger charge is -2.13. The molecule has 0 aliphatic heterocycles. The zero-order chi connectivity index (χ0) is 15.4. The van der Waals surface area contributed by atoms with Gasteiger partial charge in [0.1, 0.15) is 0 Å². The SMILES string of the molecule is O=C(NCC1CCCC1)Nc1c(Cl)cc(C(=O)O)cc1Cl. The molecule has 2 amide bonds. The van der Waals surface area contributed by atoms with E-state index in [1.54, 1.807) is 0 Å². The van der Waals surface area contributed by atoms with Crippen LogP contribution in [0.4, 0.5) is 10.5 Å². The Balaban J connectivity index is 1.98. The fraction of sp³-hybridized carbons (Fsp3) is 0.429. The first-order valence-corrected chi connectivity index (χ1v) is 7.50. The molecule has 1 aromatic rings. The summed E-state index contributed by atoms with van der Waals surface area (Å²) in [6.45, 7) is 0.619. The lowest BCUT2D eigenvalue weighted by Crippen LogP contribution is -2.32. The van der Waals surface area contributed by atoms with Crippen molar-refractivity contribution in [2.45, 2.75) is 25.7 Å². The van der Waals surface area contributed by atoms with Crippen molar-refractivity contribution in [1.82, 2.24) is 5.32 Å². The van der Waals surface area contributed by atoms with Crippen LogP contribution in [0.25, 0.3) is 0 Å². The Morgan fingerprint density at radius 2 is 1.76 bits per heavy atom. The third-order valence-corrected chi connectivity index (χ3v) is 4.15. The van der Waals surface area contributed by atoms with Crippen LogP contribution >= 0.6 is 23.2 Å². The molecule has 0 spiro atoms. The van der Waals surface area contributed by atoms with Crippen LogP contribution < -0.4 is 10.6 Å². The quantitative estimate of drug-likeness (QED) is 0.780. The predicted octanol–water partition coefficient (Wildman–Crippen LogP) is 4.00. The molecule has 1 aliphatic rings. The van der Waals surface area contributed by atoms with Gasteiger partial charge in [-0.1, -0.05) is 36.0 Å². The number of amides is 2. The summed E-state index contributed by atoms with van der Waals surface area (Å²) in [7, 11) is 0. The second-order valence-electron chi connectivity index (χ2n) is 5.11. The molecule has 0 heterocycles. The molecule has 1 aliphatic carbocycles. The zero-order valence-electron chi connectivity index (χ0n) is 11.3. The van der Waals surface area contributed by atoms with E-state index < -0.39 is 12.0 Å². The Morgan fingerprint density at radius 1 is 1.19 bits per heavy atom. The second kappa shape index (κ2) is 7.00. The van der Waals surface area contributed by atoms with Gasteiger partial charge in [-0.2, -0.15) is 0 Å². The van der Waals surface area contributed by atoms with Crippen LogP contribution in [0.1, 0.15) is 36.0 Å². The Kier molecular flexibility index (Phi) is 5.31. The summed E-state index contributed by atoms with van der Waals surface area (Å²) < 4.78 is 0. The van der Waals surface area contributed by atoms with Gasteiger partial charge in [0.2, 0.25) is 0 Å². The van der Waals surface area contributed by atoms with Crippen molar-refractivity contribution in [2.75, 3.05) is 11.9 Å². The molecule has 1 fully saturated rings. The first kappa shape index (κ1) is 15.9. The van der Waals surface area contributed by atoms with Crippen LogP contribution in [-0.4, -0.2) is 23.7 Å². The molecular weight excluding hydrogens is 315 g/mol. The van der Waals surface area contributed by atoms with Crippen LogP contribution in [0.2, 0.25) is 10.0 Å². The average molecular weight is 331 g/mol. The highest BCUT2D eigenvalue weighted by Gasteiger charge is 2.17. The van der Waals surface area contributed by atoms with E-state index in [0.29, 0.717) is 12.5 Å². The number of benzene rings is 1. The highest BCUT2D eigenvalue weighted by atomic mass is 35.5. The number of urea groups is 1. The van der Waals surface area contributed by atoms with Gasteiger partial charge in [0.25, 0.3) is 0 Å². The van der Waals surface area contributed by atoms with Gasteiger partial charge in [0.05, 0.1) is 21.3 Å². The number of hydrogen-bond donors (Lipinski definition) is 3. The average Bonchev–Trinajstić information content (AvgIpc) is 2.93. The van der Waals surface area contributed by atoms with Crippen molar-refractivity contribution in [3.05, 3.63) is 27.7 Å². The number of nitrogens with one attached hydrogen (secondary N) is 2. The van der Waals surface area contributed by atoms with Crippen molar-refractivity contribution in [3.63, 3.8) is 0 Å². The van der Waals surface area contributed by atoms with E-state index in [2.05, 4.69) is 10.6 Å². The maximum absolute atomic E-state index is 11.8. The Morgan fingerprint density at radius 3 is 2.29 bits per heavy atom. The van der Waals surface area contributed by atoms with Crippen LogP contribution in [0.3, 0.4) is 0 Å². The van der Waals surface area contributed by atoms with Crippen molar-refractivity contribution in [2.24, 2.45) is 5.92 Å². The normalized spacial score (nSPS) is 15.0. The highest BCUT2D eigenvalue weighted by molar-refractivity contribution is 6.40. The maximum atomic E-state index is 11.8. The molecule has 7 heteroatoms. The highest BCUT2D eigenvalue weighted by Crippen LogP contribution is 2.32. The molecule has 1 aromatic carbocycles. The van der Waals surface area contributed by atoms with Crippen LogP contribution in [-0.2, 0) is 0 Å². The van der Waals surface area contributed by atoms with Crippen LogP contribution in [0.5, 0.6) is 0 Å². The second-order valence-corrected chi connectivity index (χ2v) is 5.92. The fourth-order valence-electron chi connectivity index (χ4n) is 2.43. The van der Waals surface area contributed by atoms with Gasteiger partial charge in [0.15, 0.2) is 0 Å². The molecule has 0 aromatic heterocycles. The maximum Gasteiger partial charge on any atom is 0.335 e. The number of carbonyl (C=O) groups excluding carboxylic acids is 1. The number of carboxylic acids is 1. The number of hydrogen-bond acceptors (Lipinski definition) is 2.